The quantitative estimate of drug-likeness (QED) is 0.212. The number of rotatable bonds is 1. The Labute approximate surface area is 225 Å². The lowest BCUT2D eigenvalue weighted by Crippen LogP contribution is -2.34. The molecule has 0 saturated carbocycles. The molecule has 182 valence electrons. The maximum Gasteiger partial charge on any atom is 0.123 e. The number of hydrogen-bond acceptors (Lipinski definition) is 0. The SMILES string of the molecule is Fc1ccc(-c2cccc3c2C2(c4ccccc4-3)c3ccccc3-n3c4ccccc4c4cccc2c43)cc1. The van der Waals surface area contributed by atoms with Crippen molar-refractivity contribution in [3.63, 3.8) is 0 Å². The standard InChI is InChI=1S/C37H22FN/c38-24-21-19-23(20-22-24)25-11-7-12-28-26-9-1-3-14-30(26)37(35(25)28)31-15-4-6-18-34(31)39-33-17-5-2-10-27(33)29-13-8-16-32(37)36(29)39/h1-22H. The van der Waals surface area contributed by atoms with E-state index in [1.165, 1.54) is 60.9 Å². The number of benzene rings is 6. The first-order valence-electron chi connectivity index (χ1n) is 13.4. The zero-order valence-electron chi connectivity index (χ0n) is 21.0. The summed E-state index contributed by atoms with van der Waals surface area (Å²) in [5, 5.41) is 2.53. The van der Waals surface area contributed by atoms with Gasteiger partial charge >= 0.3 is 0 Å². The third-order valence-electron chi connectivity index (χ3n) is 8.86. The fourth-order valence-electron chi connectivity index (χ4n) is 7.49. The van der Waals surface area contributed by atoms with E-state index in [1.54, 1.807) is 12.1 Å². The van der Waals surface area contributed by atoms with E-state index in [9.17, 15) is 4.39 Å². The maximum absolute atomic E-state index is 14.1. The molecule has 0 bridgehead atoms. The summed E-state index contributed by atoms with van der Waals surface area (Å²) >= 11 is 0. The van der Waals surface area contributed by atoms with Crippen molar-refractivity contribution in [2.24, 2.45) is 0 Å². The van der Waals surface area contributed by atoms with Crippen LogP contribution in [0.3, 0.4) is 0 Å². The Kier molecular flexibility index (Phi) is 3.95. The molecule has 0 radical (unpaired) electrons. The molecule has 2 heteroatoms. The molecular weight excluding hydrogens is 477 g/mol. The second-order valence-electron chi connectivity index (χ2n) is 10.6. The normalized spacial score (nSPS) is 16.4. The molecule has 1 atom stereocenters. The lowest BCUT2D eigenvalue weighted by molar-refractivity contribution is 0.628. The molecule has 2 heterocycles. The van der Waals surface area contributed by atoms with Crippen molar-refractivity contribution in [3.05, 3.63) is 162 Å². The average molecular weight is 500 g/mol. The zero-order valence-corrected chi connectivity index (χ0v) is 21.0. The molecule has 1 nitrogen and oxygen atoms in total. The van der Waals surface area contributed by atoms with E-state index in [0.717, 1.165) is 11.1 Å². The predicted octanol–water partition coefficient (Wildman–Crippen LogP) is 9.27. The number of halogens is 1. The van der Waals surface area contributed by atoms with Gasteiger partial charge in [0.05, 0.1) is 22.1 Å². The van der Waals surface area contributed by atoms with Crippen LogP contribution in [0.5, 0.6) is 0 Å². The molecule has 0 fully saturated rings. The number of para-hydroxylation sites is 3. The Morgan fingerprint density at radius 3 is 2.03 bits per heavy atom. The Balaban J connectivity index is 1.55. The van der Waals surface area contributed by atoms with Gasteiger partial charge in [0, 0.05) is 10.8 Å². The van der Waals surface area contributed by atoms with Crippen LogP contribution in [0.4, 0.5) is 4.39 Å². The second-order valence-corrected chi connectivity index (χ2v) is 10.6. The van der Waals surface area contributed by atoms with Crippen molar-refractivity contribution in [1.82, 2.24) is 4.57 Å². The number of aromatic nitrogens is 1. The zero-order chi connectivity index (χ0) is 25.7. The topological polar surface area (TPSA) is 4.93 Å². The summed E-state index contributed by atoms with van der Waals surface area (Å²) < 4.78 is 16.5. The van der Waals surface area contributed by atoms with Crippen LogP contribution >= 0.6 is 0 Å². The van der Waals surface area contributed by atoms with Crippen LogP contribution in [0.25, 0.3) is 49.7 Å². The number of nitrogens with zero attached hydrogens (tertiary/aromatic N) is 1. The minimum absolute atomic E-state index is 0.221. The fourth-order valence-corrected chi connectivity index (χ4v) is 7.49. The third kappa shape index (κ3) is 2.45. The van der Waals surface area contributed by atoms with Crippen LogP contribution in [0.15, 0.2) is 133 Å². The maximum atomic E-state index is 14.1. The molecule has 1 spiro atoms. The molecule has 0 N–H and O–H groups in total. The third-order valence-corrected chi connectivity index (χ3v) is 8.86. The van der Waals surface area contributed by atoms with Gasteiger partial charge in [-0.3, -0.25) is 0 Å². The first-order valence-corrected chi connectivity index (χ1v) is 13.4. The molecule has 1 unspecified atom stereocenters. The van der Waals surface area contributed by atoms with Gasteiger partial charge in [-0.15, -0.1) is 0 Å². The molecular formula is C37H22FN. The van der Waals surface area contributed by atoms with Crippen molar-refractivity contribution >= 4 is 21.8 Å². The lowest BCUT2D eigenvalue weighted by Gasteiger charge is -2.40. The van der Waals surface area contributed by atoms with Gasteiger partial charge in [0.2, 0.25) is 0 Å². The Hall–Kier alpha value is -4.95. The highest BCUT2D eigenvalue weighted by molar-refractivity contribution is 6.13. The summed E-state index contributed by atoms with van der Waals surface area (Å²) in [6.45, 7) is 0. The van der Waals surface area contributed by atoms with Crippen LogP contribution < -0.4 is 0 Å². The highest BCUT2D eigenvalue weighted by atomic mass is 19.1. The average Bonchev–Trinajstić information content (AvgIpc) is 3.49. The largest absolute Gasteiger partial charge is 0.309 e. The van der Waals surface area contributed by atoms with E-state index in [4.69, 9.17) is 0 Å². The molecule has 2 aliphatic rings. The summed E-state index contributed by atoms with van der Waals surface area (Å²) in [4.78, 5) is 0. The van der Waals surface area contributed by atoms with Crippen molar-refractivity contribution in [2.75, 3.05) is 0 Å². The minimum Gasteiger partial charge on any atom is -0.309 e. The van der Waals surface area contributed by atoms with Gasteiger partial charge in [-0.1, -0.05) is 109 Å². The summed E-state index contributed by atoms with van der Waals surface area (Å²) in [6.07, 6.45) is 0. The molecule has 0 saturated heterocycles. The monoisotopic (exact) mass is 499 g/mol. The Bertz CT molecular complexity index is 2130. The summed E-state index contributed by atoms with van der Waals surface area (Å²) in [7, 11) is 0. The smallest absolute Gasteiger partial charge is 0.123 e. The van der Waals surface area contributed by atoms with Crippen molar-refractivity contribution in [2.45, 2.75) is 5.41 Å². The van der Waals surface area contributed by atoms with E-state index in [-0.39, 0.29) is 5.82 Å². The second kappa shape index (κ2) is 7.33. The molecule has 6 aromatic carbocycles. The van der Waals surface area contributed by atoms with E-state index < -0.39 is 5.41 Å². The van der Waals surface area contributed by atoms with Crippen LogP contribution in [0, 0.1) is 5.82 Å². The molecule has 7 aromatic rings. The molecule has 39 heavy (non-hydrogen) atoms. The van der Waals surface area contributed by atoms with Crippen LogP contribution in [0.2, 0.25) is 0 Å². The van der Waals surface area contributed by atoms with Crippen molar-refractivity contribution in [3.8, 4) is 27.9 Å². The first-order chi connectivity index (χ1) is 19.3. The van der Waals surface area contributed by atoms with Crippen molar-refractivity contribution < 1.29 is 4.39 Å². The van der Waals surface area contributed by atoms with E-state index in [0.29, 0.717) is 0 Å². The van der Waals surface area contributed by atoms with Crippen LogP contribution in [-0.2, 0) is 5.41 Å². The van der Waals surface area contributed by atoms with Gasteiger partial charge in [-0.05, 0) is 68.8 Å². The van der Waals surface area contributed by atoms with Gasteiger partial charge in [0.1, 0.15) is 5.82 Å². The van der Waals surface area contributed by atoms with E-state index >= 15 is 0 Å². The molecule has 1 aliphatic heterocycles. The van der Waals surface area contributed by atoms with Gasteiger partial charge in [0.15, 0.2) is 0 Å². The number of hydrogen-bond donors (Lipinski definition) is 0. The predicted molar refractivity (Wildman–Crippen MR) is 157 cm³/mol. The number of fused-ring (bicyclic) bond motifs is 12. The first kappa shape index (κ1) is 21.0. The van der Waals surface area contributed by atoms with Gasteiger partial charge in [0.25, 0.3) is 0 Å². The van der Waals surface area contributed by atoms with E-state index in [2.05, 4.69) is 114 Å². The lowest BCUT2D eigenvalue weighted by atomic mass is 9.64. The van der Waals surface area contributed by atoms with Gasteiger partial charge in [-0.2, -0.15) is 0 Å². The fraction of sp³-hybridized carbons (Fsp3) is 0.0270. The van der Waals surface area contributed by atoms with Gasteiger partial charge in [-0.25, -0.2) is 4.39 Å². The molecule has 9 rings (SSSR count). The summed E-state index contributed by atoms with van der Waals surface area (Å²) in [6, 6.07) is 46.8. The molecule has 0 amide bonds. The van der Waals surface area contributed by atoms with E-state index in [1.807, 2.05) is 12.1 Å². The molecule has 1 aromatic heterocycles. The molecule has 1 aliphatic carbocycles. The van der Waals surface area contributed by atoms with Gasteiger partial charge < -0.3 is 4.57 Å². The van der Waals surface area contributed by atoms with Crippen molar-refractivity contribution in [1.29, 1.82) is 0 Å². The highest BCUT2D eigenvalue weighted by Crippen LogP contribution is 2.62. The van der Waals surface area contributed by atoms with Crippen LogP contribution in [-0.4, -0.2) is 4.57 Å². The minimum atomic E-state index is -0.516. The summed E-state index contributed by atoms with van der Waals surface area (Å²) in [5.41, 5.74) is 13.0. The van der Waals surface area contributed by atoms with Crippen LogP contribution in [0.1, 0.15) is 22.3 Å². The summed E-state index contributed by atoms with van der Waals surface area (Å²) in [5.74, 6) is -0.221. The Morgan fingerprint density at radius 2 is 1.13 bits per heavy atom. The Morgan fingerprint density at radius 1 is 0.487 bits per heavy atom. The highest BCUT2D eigenvalue weighted by Gasteiger charge is 2.51.